The SMILES string of the molecule is CCCCOc1cc(C)cc(OCCCC)c1-c1cc(C=C(c2ccc(C)cc2)c2ccc(C)cc2)ccc1Nc1c(C)c(C)c(Nc2ccc(C=C(c3ccc(C)cc3)c3ccc(C)cc3)cc2-c2c(OCCCC)cc(C)cc2OCCCC)c2ccccc12. The van der Waals surface area contributed by atoms with Crippen molar-refractivity contribution in [2.45, 2.75) is 134 Å². The summed E-state index contributed by atoms with van der Waals surface area (Å²) in [6.45, 7) is 28.6. The summed E-state index contributed by atoms with van der Waals surface area (Å²) in [5.74, 6) is 3.26. The molecule has 0 aliphatic rings. The van der Waals surface area contributed by atoms with Gasteiger partial charge in [-0.3, -0.25) is 0 Å². The van der Waals surface area contributed by atoms with Gasteiger partial charge in [0, 0.05) is 44.6 Å². The van der Waals surface area contributed by atoms with Crippen LogP contribution in [-0.4, -0.2) is 26.4 Å². The first-order valence-electron chi connectivity index (χ1n) is 33.6. The number of hydrogen-bond acceptors (Lipinski definition) is 6. The zero-order chi connectivity index (χ0) is 64.7. The molecule has 10 aromatic carbocycles. The first kappa shape index (κ1) is 65.7. The zero-order valence-corrected chi connectivity index (χ0v) is 56.6. The van der Waals surface area contributed by atoms with Crippen LogP contribution in [0.5, 0.6) is 23.0 Å². The van der Waals surface area contributed by atoms with Crippen LogP contribution in [0.1, 0.15) is 157 Å². The summed E-state index contributed by atoms with van der Waals surface area (Å²) in [4.78, 5) is 0. The van der Waals surface area contributed by atoms with Crippen LogP contribution in [0.15, 0.2) is 182 Å². The van der Waals surface area contributed by atoms with Crippen molar-refractivity contribution < 1.29 is 18.9 Å². The van der Waals surface area contributed by atoms with Crippen molar-refractivity contribution in [3.63, 3.8) is 0 Å². The third-order valence-electron chi connectivity index (χ3n) is 17.4. The van der Waals surface area contributed by atoms with E-state index in [1.54, 1.807) is 0 Å². The Kier molecular flexibility index (Phi) is 22.3. The second-order valence-electron chi connectivity index (χ2n) is 25.1. The number of ether oxygens (including phenoxy) is 4. The number of anilines is 4. The van der Waals surface area contributed by atoms with Gasteiger partial charge in [-0.05, 0) is 209 Å². The summed E-state index contributed by atoms with van der Waals surface area (Å²) in [6, 6.07) is 66.6. The number of rotatable bonds is 28. The summed E-state index contributed by atoms with van der Waals surface area (Å²) in [5.41, 5.74) is 26.1. The van der Waals surface area contributed by atoms with Crippen LogP contribution in [0, 0.1) is 55.4 Å². The quantitative estimate of drug-likeness (QED) is 0.0376. The van der Waals surface area contributed by atoms with Gasteiger partial charge in [0.05, 0.1) is 37.6 Å². The number of fused-ring (bicyclic) bond motifs is 1. The van der Waals surface area contributed by atoms with E-state index in [9.17, 15) is 0 Å². The fraction of sp³-hybridized carbons (Fsp3) is 0.279. The Bertz CT molecular complexity index is 3780. The maximum atomic E-state index is 6.87. The van der Waals surface area contributed by atoms with Gasteiger partial charge in [-0.1, -0.05) is 209 Å². The Morgan fingerprint density at radius 2 is 0.609 bits per heavy atom. The third-order valence-corrected chi connectivity index (χ3v) is 17.4. The predicted molar refractivity (Wildman–Crippen MR) is 393 cm³/mol. The standard InChI is InChI=1S/C86H94N2O4/c1-13-17-45-89-79-49-61(9)50-80(90-46-18-14-2)83(79)75-55-65(53-73(67-35-25-57(5)26-36-67)68-37-27-58(6)28-38-68)33-43-77(75)87-85-63(11)64(12)86(72-24-22-21-23-71(72)85)88-78-44-34-66(54-74(69-39-29-59(7)30-40-69)70-41-31-60(8)32-42-70)56-76(78)84-81(91-47-19-15-3)51-62(10)52-82(84)92-48-20-16-4/h21-44,49-56,87-88H,13-20,45-48H2,1-12H3. The van der Waals surface area contributed by atoms with Crippen molar-refractivity contribution in [2.75, 3.05) is 37.1 Å². The Hall–Kier alpha value is -9.26. The molecule has 92 heavy (non-hydrogen) atoms. The molecule has 0 atom stereocenters. The molecule has 472 valence electrons. The van der Waals surface area contributed by atoms with E-state index in [0.717, 1.165) is 197 Å². The molecule has 2 N–H and O–H groups in total. The van der Waals surface area contributed by atoms with E-state index in [1.807, 2.05) is 0 Å². The lowest BCUT2D eigenvalue weighted by Gasteiger charge is -2.25. The topological polar surface area (TPSA) is 61.0 Å². The average molecular weight is 1220 g/mol. The molecule has 0 aromatic heterocycles. The highest BCUT2D eigenvalue weighted by atomic mass is 16.5. The molecule has 0 radical (unpaired) electrons. The Balaban J connectivity index is 1.17. The molecule has 10 rings (SSSR count). The van der Waals surface area contributed by atoms with Gasteiger partial charge in [-0.15, -0.1) is 0 Å². The fourth-order valence-corrected chi connectivity index (χ4v) is 11.9. The lowest BCUT2D eigenvalue weighted by atomic mass is 9.91. The van der Waals surface area contributed by atoms with E-state index in [-0.39, 0.29) is 0 Å². The summed E-state index contributed by atoms with van der Waals surface area (Å²) in [5, 5.41) is 10.4. The van der Waals surface area contributed by atoms with Crippen molar-refractivity contribution in [3.05, 3.63) is 260 Å². The zero-order valence-electron chi connectivity index (χ0n) is 56.6. The number of aryl methyl sites for hydroxylation is 6. The molecule has 0 saturated carbocycles. The van der Waals surface area contributed by atoms with Crippen LogP contribution in [-0.2, 0) is 0 Å². The van der Waals surface area contributed by atoms with Crippen molar-refractivity contribution in [1.29, 1.82) is 0 Å². The first-order valence-corrected chi connectivity index (χ1v) is 33.6. The molecule has 0 amide bonds. The van der Waals surface area contributed by atoms with Crippen LogP contribution < -0.4 is 29.6 Å². The summed E-state index contributed by atoms with van der Waals surface area (Å²) in [6.07, 6.45) is 12.5. The van der Waals surface area contributed by atoms with Gasteiger partial charge in [0.2, 0.25) is 0 Å². The molecular formula is C86H94N2O4. The molecule has 0 spiro atoms. The second-order valence-corrected chi connectivity index (χ2v) is 25.1. The lowest BCUT2D eigenvalue weighted by Crippen LogP contribution is -2.06. The van der Waals surface area contributed by atoms with E-state index < -0.39 is 0 Å². The minimum atomic E-state index is 0.597. The fourth-order valence-electron chi connectivity index (χ4n) is 11.9. The second kappa shape index (κ2) is 31.2. The van der Waals surface area contributed by atoms with Crippen LogP contribution in [0.4, 0.5) is 22.7 Å². The Labute approximate surface area is 549 Å². The molecule has 0 aliphatic heterocycles. The van der Waals surface area contributed by atoms with E-state index >= 15 is 0 Å². The van der Waals surface area contributed by atoms with Gasteiger partial charge < -0.3 is 29.6 Å². The molecule has 10 aromatic rings. The maximum Gasteiger partial charge on any atom is 0.131 e. The van der Waals surface area contributed by atoms with Gasteiger partial charge in [-0.25, -0.2) is 0 Å². The monoisotopic (exact) mass is 1220 g/mol. The van der Waals surface area contributed by atoms with Gasteiger partial charge >= 0.3 is 0 Å². The number of unbranched alkanes of at least 4 members (excludes halogenated alkanes) is 4. The van der Waals surface area contributed by atoms with E-state index in [0.29, 0.717) is 26.4 Å². The van der Waals surface area contributed by atoms with Crippen molar-refractivity contribution in [1.82, 2.24) is 0 Å². The smallest absolute Gasteiger partial charge is 0.131 e. The van der Waals surface area contributed by atoms with Gasteiger partial charge in [0.25, 0.3) is 0 Å². The highest BCUT2D eigenvalue weighted by Crippen LogP contribution is 2.50. The number of hydrogen-bond donors (Lipinski definition) is 2. The molecule has 0 unspecified atom stereocenters. The molecule has 0 fully saturated rings. The largest absolute Gasteiger partial charge is 0.493 e. The lowest BCUT2D eigenvalue weighted by molar-refractivity contribution is 0.296. The first-order chi connectivity index (χ1) is 44.7. The molecule has 0 saturated heterocycles. The van der Waals surface area contributed by atoms with Crippen molar-refractivity contribution >= 4 is 56.8 Å². The summed E-state index contributed by atoms with van der Waals surface area (Å²) >= 11 is 0. The van der Waals surface area contributed by atoms with Gasteiger partial charge in [0.1, 0.15) is 23.0 Å². The van der Waals surface area contributed by atoms with Crippen molar-refractivity contribution in [2.24, 2.45) is 0 Å². The highest BCUT2D eigenvalue weighted by Gasteiger charge is 2.25. The van der Waals surface area contributed by atoms with Crippen LogP contribution in [0.2, 0.25) is 0 Å². The normalized spacial score (nSPS) is 11.1. The summed E-state index contributed by atoms with van der Waals surface area (Å²) < 4.78 is 27.5. The number of benzene rings is 10. The Morgan fingerprint density at radius 1 is 0.326 bits per heavy atom. The Morgan fingerprint density at radius 3 is 0.880 bits per heavy atom. The molecule has 0 aliphatic carbocycles. The highest BCUT2D eigenvalue weighted by molar-refractivity contribution is 6.08. The van der Waals surface area contributed by atoms with Crippen LogP contribution in [0.25, 0.3) is 56.3 Å². The van der Waals surface area contributed by atoms with Crippen LogP contribution >= 0.6 is 0 Å². The average Bonchev–Trinajstić information content (AvgIpc) is 0.922. The van der Waals surface area contributed by atoms with Crippen LogP contribution in [0.3, 0.4) is 0 Å². The van der Waals surface area contributed by atoms with E-state index in [4.69, 9.17) is 18.9 Å². The van der Waals surface area contributed by atoms with Gasteiger partial charge in [0.15, 0.2) is 0 Å². The molecular weight excluding hydrogens is 1120 g/mol. The van der Waals surface area contributed by atoms with Gasteiger partial charge in [-0.2, -0.15) is 0 Å². The molecule has 0 bridgehead atoms. The predicted octanol–water partition coefficient (Wildman–Crippen LogP) is 24.0. The minimum absolute atomic E-state index is 0.597. The van der Waals surface area contributed by atoms with E-state index in [2.05, 4.69) is 288 Å². The summed E-state index contributed by atoms with van der Waals surface area (Å²) in [7, 11) is 0. The molecule has 6 heteroatoms. The minimum Gasteiger partial charge on any atom is -0.493 e. The molecule has 6 nitrogen and oxygen atoms in total. The maximum absolute atomic E-state index is 6.87. The molecule has 0 heterocycles. The number of nitrogens with one attached hydrogen (secondary N) is 2. The third kappa shape index (κ3) is 15.9. The van der Waals surface area contributed by atoms with E-state index in [1.165, 1.54) is 22.3 Å². The van der Waals surface area contributed by atoms with Crippen molar-refractivity contribution in [3.8, 4) is 45.3 Å².